The third kappa shape index (κ3) is 2.31. The van der Waals surface area contributed by atoms with Gasteiger partial charge in [0.25, 0.3) is 5.91 Å². The SMILES string of the molecule is COC[C@@]12CN(C(=O)c3cc(C)nc4c3c(C)nn4C)C[C@@H]1C(C)(C)C2. The van der Waals surface area contributed by atoms with E-state index < -0.39 is 0 Å². The molecule has 1 aliphatic carbocycles. The predicted molar refractivity (Wildman–Crippen MR) is 100 cm³/mol. The normalized spacial score (nSPS) is 26.8. The summed E-state index contributed by atoms with van der Waals surface area (Å²) in [7, 11) is 3.64. The van der Waals surface area contributed by atoms with Gasteiger partial charge in [-0.2, -0.15) is 5.10 Å². The van der Waals surface area contributed by atoms with Crippen LogP contribution in [0.1, 0.15) is 42.0 Å². The summed E-state index contributed by atoms with van der Waals surface area (Å²) in [5, 5.41) is 5.35. The van der Waals surface area contributed by atoms with Crippen LogP contribution in [0.15, 0.2) is 6.07 Å². The first kappa shape index (κ1) is 17.5. The molecule has 2 fully saturated rings. The Labute approximate surface area is 154 Å². The lowest BCUT2D eigenvalue weighted by molar-refractivity contribution is -0.107. The molecule has 0 radical (unpaired) electrons. The number of aryl methyl sites for hydroxylation is 3. The van der Waals surface area contributed by atoms with Crippen molar-refractivity contribution >= 4 is 16.9 Å². The van der Waals surface area contributed by atoms with Crippen molar-refractivity contribution in [1.29, 1.82) is 0 Å². The van der Waals surface area contributed by atoms with Gasteiger partial charge in [-0.3, -0.25) is 9.48 Å². The van der Waals surface area contributed by atoms with Crippen LogP contribution in [0.5, 0.6) is 0 Å². The van der Waals surface area contributed by atoms with Crippen LogP contribution in [0.4, 0.5) is 0 Å². The molecule has 0 spiro atoms. The van der Waals surface area contributed by atoms with Crippen LogP contribution in [-0.2, 0) is 11.8 Å². The van der Waals surface area contributed by atoms with Gasteiger partial charge in [-0.05, 0) is 37.7 Å². The van der Waals surface area contributed by atoms with Crippen molar-refractivity contribution in [2.75, 3.05) is 26.8 Å². The molecule has 1 saturated heterocycles. The number of aromatic nitrogens is 3. The van der Waals surface area contributed by atoms with E-state index in [0.29, 0.717) is 5.92 Å². The molecular formula is C20H28N4O2. The van der Waals surface area contributed by atoms with E-state index in [-0.39, 0.29) is 16.7 Å². The van der Waals surface area contributed by atoms with Crippen molar-refractivity contribution in [1.82, 2.24) is 19.7 Å². The van der Waals surface area contributed by atoms with E-state index in [1.54, 1.807) is 11.8 Å². The standard InChI is InChI=1S/C20H28N4O2/c1-12-7-14(16-13(2)22-23(5)17(16)21-12)18(25)24-8-15-19(3,4)9-20(15,10-24)11-26-6/h7,15H,8-11H2,1-6H3/t15-,20-/m1/s1. The lowest BCUT2D eigenvalue weighted by Gasteiger charge is -2.56. The molecule has 1 amide bonds. The monoisotopic (exact) mass is 356 g/mol. The third-order valence-corrected chi connectivity index (χ3v) is 6.45. The smallest absolute Gasteiger partial charge is 0.254 e. The number of fused-ring (bicyclic) bond motifs is 2. The van der Waals surface area contributed by atoms with Crippen LogP contribution in [0.2, 0.25) is 0 Å². The molecule has 3 heterocycles. The summed E-state index contributed by atoms with van der Waals surface area (Å²) >= 11 is 0. The topological polar surface area (TPSA) is 60.2 Å². The molecule has 0 unspecified atom stereocenters. The molecule has 4 rings (SSSR count). The van der Waals surface area contributed by atoms with Gasteiger partial charge in [0.2, 0.25) is 0 Å². The number of hydrogen-bond donors (Lipinski definition) is 0. The Morgan fingerprint density at radius 1 is 1.38 bits per heavy atom. The van der Waals surface area contributed by atoms with E-state index in [9.17, 15) is 4.79 Å². The molecule has 2 aromatic heterocycles. The zero-order valence-electron chi connectivity index (χ0n) is 16.6. The highest BCUT2D eigenvalue weighted by atomic mass is 16.5. The number of likely N-dealkylation sites (tertiary alicyclic amines) is 1. The van der Waals surface area contributed by atoms with Gasteiger partial charge in [0.1, 0.15) is 0 Å². The number of carbonyl (C=O) groups is 1. The Morgan fingerprint density at radius 2 is 2.12 bits per heavy atom. The Balaban J connectivity index is 1.73. The second-order valence-electron chi connectivity index (χ2n) is 8.92. The van der Waals surface area contributed by atoms with Gasteiger partial charge in [0.05, 0.1) is 23.3 Å². The van der Waals surface area contributed by atoms with Crippen molar-refractivity contribution in [2.45, 2.75) is 34.1 Å². The van der Waals surface area contributed by atoms with Gasteiger partial charge in [-0.1, -0.05) is 13.8 Å². The number of methoxy groups -OCH3 is 1. The minimum atomic E-state index is 0.0947. The largest absolute Gasteiger partial charge is 0.384 e. The first-order valence-corrected chi connectivity index (χ1v) is 9.28. The van der Waals surface area contributed by atoms with Crippen LogP contribution in [0, 0.1) is 30.6 Å². The van der Waals surface area contributed by atoms with Crippen LogP contribution in [-0.4, -0.2) is 52.4 Å². The Morgan fingerprint density at radius 3 is 2.77 bits per heavy atom. The molecule has 6 nitrogen and oxygen atoms in total. The summed E-state index contributed by atoms with van der Waals surface area (Å²) in [5.74, 6) is 0.588. The van der Waals surface area contributed by atoms with Crippen LogP contribution in [0.3, 0.4) is 0 Å². The van der Waals surface area contributed by atoms with E-state index in [4.69, 9.17) is 4.74 Å². The quantitative estimate of drug-likeness (QED) is 0.848. The van der Waals surface area contributed by atoms with Crippen molar-refractivity contribution in [3.8, 4) is 0 Å². The number of ether oxygens (including phenoxy) is 1. The molecule has 1 saturated carbocycles. The average molecular weight is 356 g/mol. The van der Waals surface area contributed by atoms with Gasteiger partial charge in [0.15, 0.2) is 5.65 Å². The maximum Gasteiger partial charge on any atom is 0.254 e. The minimum absolute atomic E-state index is 0.0947. The van der Waals surface area contributed by atoms with Crippen molar-refractivity contribution in [3.63, 3.8) is 0 Å². The molecule has 140 valence electrons. The Hall–Kier alpha value is -1.95. The van der Waals surface area contributed by atoms with Crippen LogP contribution < -0.4 is 0 Å². The highest BCUT2D eigenvalue weighted by Gasteiger charge is 2.63. The molecule has 0 bridgehead atoms. The average Bonchev–Trinajstić information content (AvgIpc) is 3.02. The van der Waals surface area contributed by atoms with Gasteiger partial charge in [-0.15, -0.1) is 0 Å². The second-order valence-corrected chi connectivity index (χ2v) is 8.92. The molecule has 2 aromatic rings. The summed E-state index contributed by atoms with van der Waals surface area (Å²) in [6, 6.07) is 1.91. The third-order valence-electron chi connectivity index (χ3n) is 6.45. The number of nitrogens with zero attached hydrogens (tertiary/aromatic N) is 4. The van der Waals surface area contributed by atoms with Crippen molar-refractivity contribution in [3.05, 3.63) is 23.0 Å². The molecule has 1 aliphatic heterocycles. The van der Waals surface area contributed by atoms with E-state index in [1.165, 1.54) is 0 Å². The maximum absolute atomic E-state index is 13.5. The first-order chi connectivity index (χ1) is 12.2. The van der Waals surface area contributed by atoms with Crippen molar-refractivity contribution in [2.24, 2.45) is 23.8 Å². The lowest BCUT2D eigenvalue weighted by Crippen LogP contribution is -2.55. The van der Waals surface area contributed by atoms with Gasteiger partial charge in [-0.25, -0.2) is 4.98 Å². The van der Waals surface area contributed by atoms with Gasteiger partial charge >= 0.3 is 0 Å². The zero-order valence-corrected chi connectivity index (χ0v) is 16.6. The molecular weight excluding hydrogens is 328 g/mol. The van der Waals surface area contributed by atoms with Gasteiger partial charge in [0, 0.05) is 38.4 Å². The molecule has 0 N–H and O–H groups in total. The van der Waals surface area contributed by atoms with Crippen molar-refractivity contribution < 1.29 is 9.53 Å². The number of pyridine rings is 1. The predicted octanol–water partition coefficient (Wildman–Crippen LogP) is 2.72. The van der Waals surface area contributed by atoms with Crippen LogP contribution >= 0.6 is 0 Å². The molecule has 6 heteroatoms. The fourth-order valence-corrected chi connectivity index (χ4v) is 5.67. The first-order valence-electron chi connectivity index (χ1n) is 9.28. The summed E-state index contributed by atoms with van der Waals surface area (Å²) in [6.45, 7) is 10.8. The highest BCUT2D eigenvalue weighted by Crippen LogP contribution is 2.62. The minimum Gasteiger partial charge on any atom is -0.384 e. The lowest BCUT2D eigenvalue weighted by atomic mass is 9.48. The number of carbonyl (C=O) groups excluding carboxylic acids is 1. The summed E-state index contributed by atoms with van der Waals surface area (Å²) in [5.41, 5.74) is 3.58. The number of hydrogen-bond acceptors (Lipinski definition) is 4. The molecule has 2 aliphatic rings. The van der Waals surface area contributed by atoms with E-state index in [1.807, 2.05) is 31.9 Å². The highest BCUT2D eigenvalue weighted by molar-refractivity contribution is 6.06. The molecule has 2 atom stereocenters. The Bertz CT molecular complexity index is 901. The maximum atomic E-state index is 13.5. The second kappa shape index (κ2) is 5.52. The summed E-state index contributed by atoms with van der Waals surface area (Å²) in [6.07, 6.45) is 1.11. The number of amides is 1. The Kier molecular flexibility index (Phi) is 3.71. The van der Waals surface area contributed by atoms with E-state index in [0.717, 1.165) is 54.1 Å². The van der Waals surface area contributed by atoms with Crippen LogP contribution in [0.25, 0.3) is 11.0 Å². The fourth-order valence-electron chi connectivity index (χ4n) is 5.67. The van der Waals surface area contributed by atoms with E-state index >= 15 is 0 Å². The summed E-state index contributed by atoms with van der Waals surface area (Å²) in [4.78, 5) is 20.1. The van der Waals surface area contributed by atoms with Gasteiger partial charge < -0.3 is 9.64 Å². The molecule has 0 aromatic carbocycles. The zero-order chi connectivity index (χ0) is 18.9. The van der Waals surface area contributed by atoms with E-state index in [2.05, 4.69) is 23.9 Å². The fraction of sp³-hybridized carbons (Fsp3) is 0.650. The summed E-state index contributed by atoms with van der Waals surface area (Å²) < 4.78 is 7.29. The number of rotatable bonds is 3. The molecule has 26 heavy (non-hydrogen) atoms.